The van der Waals surface area contributed by atoms with E-state index in [0.29, 0.717) is 23.4 Å². The Bertz CT molecular complexity index is 1290. The summed E-state index contributed by atoms with van der Waals surface area (Å²) in [6.07, 6.45) is 3.32. The van der Waals surface area contributed by atoms with E-state index in [1.807, 2.05) is 54.6 Å². The second kappa shape index (κ2) is 10.2. The third-order valence-corrected chi connectivity index (χ3v) is 5.75. The van der Waals surface area contributed by atoms with Crippen LogP contribution in [0.4, 0.5) is 0 Å². The van der Waals surface area contributed by atoms with E-state index in [1.54, 1.807) is 6.08 Å². The zero-order chi connectivity index (χ0) is 24.1. The van der Waals surface area contributed by atoms with Gasteiger partial charge in [-0.15, -0.1) is 0 Å². The first-order valence-corrected chi connectivity index (χ1v) is 11.0. The average molecular weight is 459 g/mol. The fraction of sp³-hybridized carbons (Fsp3) is 0.231. The number of hydrogen-bond donors (Lipinski definition) is 3. The molecule has 1 aliphatic rings. The van der Waals surface area contributed by atoms with Crippen LogP contribution in [0.15, 0.2) is 65.3 Å². The van der Waals surface area contributed by atoms with Crippen molar-refractivity contribution >= 4 is 40.5 Å². The minimum atomic E-state index is -0.859. The number of fused-ring (bicyclic) bond motifs is 1. The van der Waals surface area contributed by atoms with Gasteiger partial charge in [-0.2, -0.15) is 5.10 Å². The van der Waals surface area contributed by atoms with Gasteiger partial charge in [0, 0.05) is 29.9 Å². The summed E-state index contributed by atoms with van der Waals surface area (Å²) in [6, 6.07) is 16.8. The van der Waals surface area contributed by atoms with Crippen molar-refractivity contribution in [3.63, 3.8) is 0 Å². The van der Waals surface area contributed by atoms with Crippen molar-refractivity contribution in [3.05, 3.63) is 77.0 Å². The SMILES string of the molecule is COC(=O)C(Cc1c(C=C2C(=O)NN=C2CCc2ccccc2)[nH]c2ccccc12)NC(C)=O. The standard InChI is InChI=1S/C26H26N4O4/c1-16(31)27-24(26(33)34-2)14-19-18-10-6-7-11-21(18)28-23(19)15-20-22(29-30-25(20)32)13-12-17-8-4-3-5-9-17/h3-11,15,24,28H,12-14H2,1-2H3,(H,27,31)(H,30,32). The number of esters is 1. The van der Waals surface area contributed by atoms with Crippen LogP contribution in [0.25, 0.3) is 17.0 Å². The number of rotatable bonds is 8. The molecule has 1 unspecified atom stereocenters. The molecular weight excluding hydrogens is 432 g/mol. The maximum absolute atomic E-state index is 12.6. The molecule has 2 aromatic carbocycles. The molecule has 3 N–H and O–H groups in total. The number of nitrogens with one attached hydrogen (secondary N) is 3. The molecular formula is C26H26N4O4. The molecule has 0 saturated carbocycles. The molecule has 0 saturated heterocycles. The monoisotopic (exact) mass is 458 g/mol. The van der Waals surface area contributed by atoms with E-state index >= 15 is 0 Å². The predicted octanol–water partition coefficient (Wildman–Crippen LogP) is 2.89. The van der Waals surface area contributed by atoms with Crippen molar-refractivity contribution in [2.75, 3.05) is 7.11 Å². The van der Waals surface area contributed by atoms with Crippen LogP contribution in [-0.4, -0.2) is 41.6 Å². The summed E-state index contributed by atoms with van der Waals surface area (Å²) < 4.78 is 4.89. The Kier molecular flexibility index (Phi) is 6.87. The fourth-order valence-electron chi connectivity index (χ4n) is 4.11. The number of para-hydroxylation sites is 1. The molecule has 0 radical (unpaired) electrons. The summed E-state index contributed by atoms with van der Waals surface area (Å²) >= 11 is 0. The number of amides is 2. The first-order chi connectivity index (χ1) is 16.5. The highest BCUT2D eigenvalue weighted by Gasteiger charge is 2.26. The summed E-state index contributed by atoms with van der Waals surface area (Å²) in [5.74, 6) is -1.15. The number of nitrogens with zero attached hydrogens (tertiary/aromatic N) is 1. The molecule has 0 fully saturated rings. The van der Waals surface area contributed by atoms with Gasteiger partial charge in [0.1, 0.15) is 6.04 Å². The van der Waals surface area contributed by atoms with E-state index < -0.39 is 12.0 Å². The minimum absolute atomic E-state index is 0.202. The number of aromatic nitrogens is 1. The van der Waals surface area contributed by atoms with Gasteiger partial charge in [-0.25, -0.2) is 10.2 Å². The Hall–Kier alpha value is -4.20. The third kappa shape index (κ3) is 5.06. The Morgan fingerprint density at radius 1 is 1.09 bits per heavy atom. The lowest BCUT2D eigenvalue weighted by Gasteiger charge is -2.16. The molecule has 174 valence electrons. The predicted molar refractivity (Wildman–Crippen MR) is 130 cm³/mol. The third-order valence-electron chi connectivity index (χ3n) is 5.75. The molecule has 34 heavy (non-hydrogen) atoms. The quantitative estimate of drug-likeness (QED) is 0.356. The number of carbonyl (C=O) groups is 3. The Morgan fingerprint density at radius 2 is 1.82 bits per heavy atom. The Labute approximate surface area is 197 Å². The minimum Gasteiger partial charge on any atom is -0.467 e. The number of methoxy groups -OCH3 is 1. The van der Waals surface area contributed by atoms with E-state index in [2.05, 4.69) is 20.8 Å². The first kappa shape index (κ1) is 23.0. The Morgan fingerprint density at radius 3 is 2.56 bits per heavy atom. The van der Waals surface area contributed by atoms with Crippen molar-refractivity contribution in [2.45, 2.75) is 32.2 Å². The van der Waals surface area contributed by atoms with Crippen LogP contribution in [0.2, 0.25) is 0 Å². The van der Waals surface area contributed by atoms with Gasteiger partial charge in [0.05, 0.1) is 18.4 Å². The van der Waals surface area contributed by atoms with E-state index in [-0.39, 0.29) is 18.2 Å². The maximum atomic E-state index is 12.6. The van der Waals surface area contributed by atoms with E-state index in [1.165, 1.54) is 14.0 Å². The second-order valence-electron chi connectivity index (χ2n) is 8.09. The lowest BCUT2D eigenvalue weighted by Crippen LogP contribution is -2.42. The molecule has 1 aliphatic heterocycles. The van der Waals surface area contributed by atoms with Crippen molar-refractivity contribution in [1.29, 1.82) is 0 Å². The molecule has 0 aliphatic carbocycles. The van der Waals surface area contributed by atoms with Crippen molar-refractivity contribution < 1.29 is 19.1 Å². The smallest absolute Gasteiger partial charge is 0.328 e. The lowest BCUT2D eigenvalue weighted by atomic mass is 9.98. The van der Waals surface area contributed by atoms with Crippen molar-refractivity contribution in [3.8, 4) is 0 Å². The van der Waals surface area contributed by atoms with Gasteiger partial charge in [0.2, 0.25) is 5.91 Å². The number of carbonyl (C=O) groups excluding carboxylic acids is 3. The van der Waals surface area contributed by atoms with Gasteiger partial charge in [-0.3, -0.25) is 9.59 Å². The first-order valence-electron chi connectivity index (χ1n) is 11.0. The number of aromatic amines is 1. The van der Waals surface area contributed by atoms with Gasteiger partial charge in [0.15, 0.2) is 0 Å². The molecule has 0 bridgehead atoms. The van der Waals surface area contributed by atoms with Crippen molar-refractivity contribution in [2.24, 2.45) is 5.10 Å². The summed E-state index contributed by atoms with van der Waals surface area (Å²) in [7, 11) is 1.29. The summed E-state index contributed by atoms with van der Waals surface area (Å²) in [5.41, 5.74) is 7.20. The summed E-state index contributed by atoms with van der Waals surface area (Å²) in [4.78, 5) is 40.0. The zero-order valence-corrected chi connectivity index (χ0v) is 19.1. The highest BCUT2D eigenvalue weighted by molar-refractivity contribution is 6.27. The summed E-state index contributed by atoms with van der Waals surface area (Å²) in [5, 5.41) is 7.80. The number of hydrazone groups is 1. The highest BCUT2D eigenvalue weighted by atomic mass is 16.5. The van der Waals surface area contributed by atoms with Crippen molar-refractivity contribution in [1.82, 2.24) is 15.7 Å². The van der Waals surface area contributed by atoms with Crippen LogP contribution in [0.3, 0.4) is 0 Å². The molecule has 1 atom stereocenters. The number of H-pyrrole nitrogens is 1. The molecule has 2 heterocycles. The Balaban J connectivity index is 1.69. The van der Waals surface area contributed by atoms with Gasteiger partial charge in [-0.05, 0) is 36.1 Å². The molecule has 4 rings (SSSR count). The molecule has 1 aromatic heterocycles. The van der Waals surface area contributed by atoms with E-state index in [9.17, 15) is 14.4 Å². The van der Waals surface area contributed by atoms with Gasteiger partial charge in [-0.1, -0.05) is 48.5 Å². The van der Waals surface area contributed by atoms with Crippen LogP contribution in [0.1, 0.15) is 30.2 Å². The van der Waals surface area contributed by atoms with Crippen LogP contribution in [0, 0.1) is 0 Å². The zero-order valence-electron chi connectivity index (χ0n) is 19.1. The average Bonchev–Trinajstić information content (AvgIpc) is 3.37. The van der Waals surface area contributed by atoms with Crippen LogP contribution in [-0.2, 0) is 32.0 Å². The van der Waals surface area contributed by atoms with Gasteiger partial charge >= 0.3 is 5.97 Å². The lowest BCUT2D eigenvalue weighted by molar-refractivity contribution is -0.144. The fourth-order valence-corrected chi connectivity index (χ4v) is 4.11. The molecule has 8 heteroatoms. The topological polar surface area (TPSA) is 113 Å². The number of hydrogen-bond acceptors (Lipinski definition) is 5. The van der Waals surface area contributed by atoms with E-state index in [4.69, 9.17) is 4.74 Å². The number of ether oxygens (including phenoxy) is 1. The van der Waals surface area contributed by atoms with Gasteiger partial charge in [0.25, 0.3) is 5.91 Å². The molecule has 0 spiro atoms. The second-order valence-corrected chi connectivity index (χ2v) is 8.09. The molecule has 2 amide bonds. The van der Waals surface area contributed by atoms with Crippen LogP contribution >= 0.6 is 0 Å². The molecule has 3 aromatic rings. The van der Waals surface area contributed by atoms with E-state index in [0.717, 1.165) is 28.5 Å². The molecule has 8 nitrogen and oxygen atoms in total. The number of benzene rings is 2. The highest BCUT2D eigenvalue weighted by Crippen LogP contribution is 2.27. The normalized spacial score (nSPS) is 15.2. The number of aryl methyl sites for hydroxylation is 1. The van der Waals surface area contributed by atoms with Crippen LogP contribution in [0.5, 0.6) is 0 Å². The van der Waals surface area contributed by atoms with Crippen LogP contribution < -0.4 is 10.7 Å². The maximum Gasteiger partial charge on any atom is 0.328 e. The summed E-state index contributed by atoms with van der Waals surface area (Å²) in [6.45, 7) is 1.35. The largest absolute Gasteiger partial charge is 0.467 e. The van der Waals surface area contributed by atoms with Gasteiger partial charge < -0.3 is 15.0 Å².